The van der Waals surface area contributed by atoms with Crippen molar-refractivity contribution in [3.8, 4) is 0 Å². The topological polar surface area (TPSA) is 0 Å². The number of allylic oxidation sites excluding steroid dienone is 1. The van der Waals surface area contributed by atoms with Crippen LogP contribution in [-0.2, 0) is 0 Å². The highest BCUT2D eigenvalue weighted by molar-refractivity contribution is 8.05. The molecule has 0 saturated heterocycles. The molecule has 0 aromatic rings. The summed E-state index contributed by atoms with van der Waals surface area (Å²) >= 11 is 2.37. The molecule has 0 nitrogen and oxygen atoms in total. The second-order valence-corrected chi connectivity index (χ2v) is 10.8. The lowest BCUT2D eigenvalue weighted by atomic mass is 9.30. The number of thioether (sulfide) groups is 1. The van der Waals surface area contributed by atoms with Gasteiger partial charge in [-0.05, 0) is 19.3 Å². The van der Waals surface area contributed by atoms with Crippen LogP contribution in [0.4, 0.5) is 0 Å². The van der Waals surface area contributed by atoms with Crippen LogP contribution in [0.15, 0.2) is 10.9 Å². The summed E-state index contributed by atoms with van der Waals surface area (Å²) in [5, 5.41) is 0.936. The van der Waals surface area contributed by atoms with Crippen LogP contribution in [0.5, 0.6) is 0 Å². The van der Waals surface area contributed by atoms with E-state index in [-0.39, 0.29) is 0 Å². The van der Waals surface area contributed by atoms with E-state index < -0.39 is 0 Å². The third-order valence-corrected chi connectivity index (χ3v) is 8.92. The van der Waals surface area contributed by atoms with Gasteiger partial charge in [-0.1, -0.05) is 126 Å². The minimum Gasteiger partial charge on any atom is -0.137 e. The summed E-state index contributed by atoms with van der Waals surface area (Å²) in [6, 6.07) is 0. The Hall–Kier alpha value is 0.155. The van der Waals surface area contributed by atoms with E-state index in [9.17, 15) is 0 Å². The third-order valence-electron chi connectivity index (χ3n) is 7.40. The molecule has 3 aliphatic rings. The Bertz CT molecular complexity index is 382. The van der Waals surface area contributed by atoms with E-state index in [0.29, 0.717) is 0 Å². The van der Waals surface area contributed by atoms with Crippen LogP contribution >= 0.6 is 11.8 Å². The zero-order valence-corrected chi connectivity index (χ0v) is 18.3. The standard InChI is InChI=1S/C24H43BS/c1-2-3-7-20-24(26-23-18-12-6-13-19-23)25(21-14-8-4-9-15-21)22-16-10-5-11-17-22/h20-23H,2-19H2,1H3/b24-20-. The Morgan fingerprint density at radius 1 is 0.769 bits per heavy atom. The Labute approximate surface area is 168 Å². The molecule has 0 aromatic carbocycles. The second kappa shape index (κ2) is 11.9. The molecule has 0 heterocycles. The van der Waals surface area contributed by atoms with E-state index in [4.69, 9.17) is 0 Å². The molecule has 148 valence electrons. The number of unbranched alkanes of at least 4 members (excludes halogenated alkanes) is 2. The summed E-state index contributed by atoms with van der Waals surface area (Å²) < 4.78 is 0. The minimum atomic E-state index is 0.930. The molecule has 0 amide bonds. The summed E-state index contributed by atoms with van der Waals surface area (Å²) in [6.45, 7) is 3.28. The first kappa shape index (κ1) is 20.9. The van der Waals surface area contributed by atoms with Gasteiger partial charge in [0.25, 0.3) is 0 Å². The maximum Gasteiger partial charge on any atom is 0.190 e. The van der Waals surface area contributed by atoms with Crippen molar-refractivity contribution in [3.05, 3.63) is 10.9 Å². The molecule has 26 heavy (non-hydrogen) atoms. The lowest BCUT2D eigenvalue weighted by Crippen LogP contribution is -2.32. The Morgan fingerprint density at radius 3 is 1.77 bits per heavy atom. The fourth-order valence-electron chi connectivity index (χ4n) is 5.92. The van der Waals surface area contributed by atoms with E-state index >= 15 is 0 Å². The van der Waals surface area contributed by atoms with Crippen molar-refractivity contribution in [2.75, 3.05) is 0 Å². The van der Waals surface area contributed by atoms with Crippen molar-refractivity contribution in [1.82, 2.24) is 0 Å². The summed E-state index contributed by atoms with van der Waals surface area (Å²) in [5.41, 5.74) is 0. The maximum atomic E-state index is 2.75. The number of rotatable bonds is 8. The maximum absolute atomic E-state index is 2.75. The van der Waals surface area contributed by atoms with Crippen molar-refractivity contribution in [2.45, 2.75) is 139 Å². The van der Waals surface area contributed by atoms with Gasteiger partial charge in [-0.3, -0.25) is 0 Å². The monoisotopic (exact) mass is 374 g/mol. The fraction of sp³-hybridized carbons (Fsp3) is 0.917. The predicted octanol–water partition coefficient (Wildman–Crippen LogP) is 8.83. The lowest BCUT2D eigenvalue weighted by molar-refractivity contribution is 0.464. The first-order valence-electron chi connectivity index (χ1n) is 12.2. The van der Waals surface area contributed by atoms with E-state index in [1.54, 1.807) is 0 Å². The quantitative estimate of drug-likeness (QED) is 0.302. The van der Waals surface area contributed by atoms with Gasteiger partial charge in [0.2, 0.25) is 0 Å². The van der Waals surface area contributed by atoms with Gasteiger partial charge in [0.1, 0.15) is 0 Å². The number of hydrogen-bond donors (Lipinski definition) is 0. The van der Waals surface area contributed by atoms with Crippen molar-refractivity contribution in [1.29, 1.82) is 0 Å². The van der Waals surface area contributed by atoms with Crippen LogP contribution in [0.1, 0.15) is 122 Å². The van der Waals surface area contributed by atoms with Gasteiger partial charge in [0.05, 0.1) is 0 Å². The molecule has 0 aliphatic heterocycles. The van der Waals surface area contributed by atoms with Crippen LogP contribution in [-0.4, -0.2) is 12.0 Å². The molecule has 0 N–H and O–H groups in total. The van der Waals surface area contributed by atoms with Gasteiger partial charge in [0, 0.05) is 5.25 Å². The molecule has 0 aromatic heterocycles. The lowest BCUT2D eigenvalue weighted by Gasteiger charge is -2.38. The molecular formula is C24H43BS. The van der Waals surface area contributed by atoms with E-state index in [0.717, 1.165) is 23.6 Å². The molecule has 0 radical (unpaired) electrons. The highest BCUT2D eigenvalue weighted by atomic mass is 32.2. The summed E-state index contributed by atoms with van der Waals surface area (Å²) in [4.78, 5) is 1.88. The zero-order chi connectivity index (χ0) is 18.0. The molecule has 0 bridgehead atoms. The molecule has 3 aliphatic carbocycles. The Kier molecular flexibility index (Phi) is 9.54. The molecule has 3 saturated carbocycles. The largest absolute Gasteiger partial charge is 0.190 e. The molecule has 2 heteroatoms. The fourth-order valence-corrected chi connectivity index (χ4v) is 7.63. The first-order valence-corrected chi connectivity index (χ1v) is 13.1. The molecular weight excluding hydrogens is 331 g/mol. The van der Waals surface area contributed by atoms with Crippen LogP contribution in [0, 0.1) is 0 Å². The van der Waals surface area contributed by atoms with Gasteiger partial charge < -0.3 is 0 Å². The summed E-state index contributed by atoms with van der Waals surface area (Å²) in [7, 11) is 0. The van der Waals surface area contributed by atoms with Crippen LogP contribution < -0.4 is 0 Å². The second-order valence-electron chi connectivity index (χ2n) is 9.45. The first-order chi connectivity index (χ1) is 12.9. The molecule has 3 fully saturated rings. The van der Waals surface area contributed by atoms with Crippen molar-refractivity contribution in [3.63, 3.8) is 0 Å². The molecule has 3 rings (SSSR count). The van der Waals surface area contributed by atoms with Gasteiger partial charge in [-0.2, -0.15) is 0 Å². The average molecular weight is 374 g/mol. The van der Waals surface area contributed by atoms with Crippen LogP contribution in [0.25, 0.3) is 0 Å². The number of hydrogen-bond acceptors (Lipinski definition) is 1. The summed E-state index contributed by atoms with van der Waals surface area (Å²) in [6.07, 6.45) is 29.3. The van der Waals surface area contributed by atoms with Crippen molar-refractivity contribution in [2.24, 2.45) is 0 Å². The van der Waals surface area contributed by atoms with E-state index in [1.807, 2.05) is 4.80 Å². The highest BCUT2D eigenvalue weighted by Crippen LogP contribution is 2.48. The third kappa shape index (κ3) is 6.35. The van der Waals surface area contributed by atoms with Crippen LogP contribution in [0.2, 0.25) is 11.6 Å². The van der Waals surface area contributed by atoms with Crippen molar-refractivity contribution < 1.29 is 0 Å². The zero-order valence-electron chi connectivity index (χ0n) is 17.5. The average Bonchev–Trinajstić information content (AvgIpc) is 2.71. The van der Waals surface area contributed by atoms with E-state index in [2.05, 4.69) is 24.8 Å². The Morgan fingerprint density at radius 2 is 1.27 bits per heavy atom. The normalized spacial score (nSPS) is 24.7. The summed E-state index contributed by atoms with van der Waals surface area (Å²) in [5.74, 6) is 2.02. The minimum absolute atomic E-state index is 0.930. The smallest absolute Gasteiger partial charge is 0.137 e. The molecule has 0 spiro atoms. The van der Waals surface area contributed by atoms with Gasteiger partial charge in [0.15, 0.2) is 6.71 Å². The van der Waals surface area contributed by atoms with Gasteiger partial charge >= 0.3 is 0 Å². The predicted molar refractivity (Wildman–Crippen MR) is 121 cm³/mol. The van der Waals surface area contributed by atoms with Gasteiger partial charge in [-0.15, -0.1) is 11.8 Å². The van der Waals surface area contributed by atoms with Gasteiger partial charge in [-0.25, -0.2) is 0 Å². The molecule has 0 atom stereocenters. The van der Waals surface area contributed by atoms with Crippen molar-refractivity contribution >= 4 is 18.5 Å². The van der Waals surface area contributed by atoms with Crippen LogP contribution in [0.3, 0.4) is 0 Å². The molecule has 0 unspecified atom stereocenters. The highest BCUT2D eigenvalue weighted by Gasteiger charge is 2.38. The Balaban J connectivity index is 1.76. The SMILES string of the molecule is CCCC/C=C(\SC1CCCCC1)B(C1CCCCC1)C1CCCCC1. The van der Waals surface area contributed by atoms with E-state index in [1.165, 1.54) is 116 Å².